The largest absolute Gasteiger partial charge is 0.273 e. The molecule has 0 atom stereocenters. The van der Waals surface area contributed by atoms with Crippen molar-refractivity contribution in [2.24, 2.45) is 10.5 Å². The molecule has 0 bridgehead atoms. The van der Waals surface area contributed by atoms with Gasteiger partial charge in [-0.1, -0.05) is 26.3 Å². The number of rotatable bonds is 2. The van der Waals surface area contributed by atoms with Crippen LogP contribution in [0.3, 0.4) is 0 Å². The fourth-order valence-electron chi connectivity index (χ4n) is 1.63. The van der Waals surface area contributed by atoms with Crippen molar-refractivity contribution in [2.75, 3.05) is 7.05 Å². The number of hydrogen-bond donors (Lipinski definition) is 0. The van der Waals surface area contributed by atoms with E-state index >= 15 is 0 Å². The third-order valence-corrected chi connectivity index (χ3v) is 1.72. The van der Waals surface area contributed by atoms with Crippen molar-refractivity contribution in [3.8, 4) is 0 Å². The van der Waals surface area contributed by atoms with Crippen LogP contribution in [0.5, 0.6) is 0 Å². The van der Waals surface area contributed by atoms with E-state index in [0.29, 0.717) is 0 Å². The minimum atomic E-state index is 0.134. The molecule has 0 rings (SSSR count). The first kappa shape index (κ1) is 11.2. The average Bonchev–Trinajstić information content (AvgIpc) is 1.83. The second-order valence-electron chi connectivity index (χ2n) is 4.26. The lowest BCUT2D eigenvalue weighted by Gasteiger charge is -2.30. The summed E-state index contributed by atoms with van der Waals surface area (Å²) in [6.45, 7) is 14.3. The summed E-state index contributed by atoms with van der Waals surface area (Å²) < 4.78 is 0. The highest BCUT2D eigenvalue weighted by Gasteiger charge is 2.21. The van der Waals surface area contributed by atoms with E-state index in [2.05, 4.69) is 46.4 Å². The Morgan fingerprint density at radius 1 is 1.25 bits per heavy atom. The Morgan fingerprint density at radius 3 is 1.75 bits per heavy atom. The summed E-state index contributed by atoms with van der Waals surface area (Å²) in [4.78, 5) is 0. The van der Waals surface area contributed by atoms with Crippen LogP contribution in [0.15, 0.2) is 16.4 Å². The third-order valence-electron chi connectivity index (χ3n) is 1.72. The third kappa shape index (κ3) is 2.68. The SMILES string of the molecule is C=NN(C)C(=C(C)C)C(C)(C)C. The first-order valence-corrected chi connectivity index (χ1v) is 4.19. The molecule has 0 unspecified atom stereocenters. The van der Waals surface area contributed by atoms with E-state index in [4.69, 9.17) is 0 Å². The number of allylic oxidation sites excluding steroid dienone is 2. The van der Waals surface area contributed by atoms with Crippen molar-refractivity contribution in [1.82, 2.24) is 5.01 Å². The maximum atomic E-state index is 3.90. The Morgan fingerprint density at radius 2 is 1.67 bits per heavy atom. The van der Waals surface area contributed by atoms with E-state index in [0.717, 1.165) is 0 Å². The van der Waals surface area contributed by atoms with Crippen LogP contribution in [0, 0.1) is 5.41 Å². The maximum absolute atomic E-state index is 3.90. The van der Waals surface area contributed by atoms with Crippen molar-refractivity contribution in [3.05, 3.63) is 11.3 Å². The van der Waals surface area contributed by atoms with Gasteiger partial charge in [-0.05, 0) is 13.8 Å². The van der Waals surface area contributed by atoms with E-state index in [9.17, 15) is 0 Å². The van der Waals surface area contributed by atoms with E-state index in [1.54, 1.807) is 0 Å². The zero-order chi connectivity index (χ0) is 9.94. The molecule has 0 saturated heterocycles. The number of hydrazone groups is 1. The Hall–Kier alpha value is -0.790. The van der Waals surface area contributed by atoms with Crippen LogP contribution < -0.4 is 0 Å². The van der Waals surface area contributed by atoms with Crippen molar-refractivity contribution in [3.63, 3.8) is 0 Å². The first-order valence-electron chi connectivity index (χ1n) is 4.19. The zero-order valence-electron chi connectivity index (χ0n) is 9.10. The molecule has 0 aliphatic carbocycles. The summed E-state index contributed by atoms with van der Waals surface area (Å²) in [5.74, 6) is 0. The van der Waals surface area contributed by atoms with Gasteiger partial charge in [-0.25, -0.2) is 0 Å². The fraction of sp³-hybridized carbons (Fsp3) is 0.700. The molecule has 0 N–H and O–H groups in total. The molecule has 12 heavy (non-hydrogen) atoms. The standard InChI is InChI=1S/C10H20N2/c1-8(2)9(10(3,4)5)12(7)11-6/h6H2,1-5,7H3. The fourth-order valence-corrected chi connectivity index (χ4v) is 1.63. The first-order chi connectivity index (χ1) is 5.30. The van der Waals surface area contributed by atoms with Crippen LogP contribution in [0.25, 0.3) is 0 Å². The molecule has 0 saturated carbocycles. The van der Waals surface area contributed by atoms with E-state index in [-0.39, 0.29) is 5.41 Å². The molecule has 70 valence electrons. The van der Waals surface area contributed by atoms with Gasteiger partial charge < -0.3 is 0 Å². The summed E-state index contributed by atoms with van der Waals surface area (Å²) in [6, 6.07) is 0. The van der Waals surface area contributed by atoms with Crippen molar-refractivity contribution in [1.29, 1.82) is 0 Å². The molecule has 0 spiro atoms. The van der Waals surface area contributed by atoms with Gasteiger partial charge in [0.15, 0.2) is 0 Å². The van der Waals surface area contributed by atoms with Gasteiger partial charge in [0.05, 0.1) is 0 Å². The maximum Gasteiger partial charge on any atom is 0.0404 e. The van der Waals surface area contributed by atoms with Crippen molar-refractivity contribution < 1.29 is 0 Å². The van der Waals surface area contributed by atoms with Gasteiger partial charge in [0, 0.05) is 24.9 Å². The van der Waals surface area contributed by atoms with Crippen LogP contribution in [-0.4, -0.2) is 18.8 Å². The highest BCUT2D eigenvalue weighted by molar-refractivity contribution is 5.25. The molecule has 2 nitrogen and oxygen atoms in total. The quantitative estimate of drug-likeness (QED) is 0.457. The molecule has 0 heterocycles. The molecule has 0 aliphatic heterocycles. The summed E-state index contributed by atoms with van der Waals surface area (Å²) in [7, 11) is 1.93. The molecule has 2 heteroatoms. The zero-order valence-corrected chi connectivity index (χ0v) is 9.10. The summed E-state index contributed by atoms with van der Waals surface area (Å²) in [6.07, 6.45) is 0. The lowest BCUT2D eigenvalue weighted by Crippen LogP contribution is -2.23. The lowest BCUT2D eigenvalue weighted by molar-refractivity contribution is 0.318. The smallest absolute Gasteiger partial charge is 0.0404 e. The van der Waals surface area contributed by atoms with Gasteiger partial charge >= 0.3 is 0 Å². The van der Waals surface area contributed by atoms with Crippen LogP contribution in [-0.2, 0) is 0 Å². The van der Waals surface area contributed by atoms with Crippen LogP contribution >= 0.6 is 0 Å². The van der Waals surface area contributed by atoms with E-state index in [1.165, 1.54) is 11.3 Å². The Labute approximate surface area is 76.0 Å². The van der Waals surface area contributed by atoms with E-state index in [1.807, 2.05) is 12.1 Å². The van der Waals surface area contributed by atoms with Gasteiger partial charge in [0.1, 0.15) is 0 Å². The normalized spacial score (nSPS) is 10.8. The van der Waals surface area contributed by atoms with Gasteiger partial charge in [-0.2, -0.15) is 5.10 Å². The summed E-state index contributed by atoms with van der Waals surface area (Å²) in [5.41, 5.74) is 2.66. The van der Waals surface area contributed by atoms with Gasteiger partial charge in [0.25, 0.3) is 0 Å². The Balaban J connectivity index is 4.96. The highest BCUT2D eigenvalue weighted by Crippen LogP contribution is 2.29. The Bertz CT molecular complexity index is 192. The monoisotopic (exact) mass is 168 g/mol. The lowest BCUT2D eigenvalue weighted by atomic mass is 9.89. The summed E-state index contributed by atoms with van der Waals surface area (Å²) >= 11 is 0. The molecule has 0 fully saturated rings. The molecule has 0 aromatic heterocycles. The minimum Gasteiger partial charge on any atom is -0.273 e. The summed E-state index contributed by atoms with van der Waals surface area (Å²) in [5, 5.41) is 5.74. The predicted octanol–water partition coefficient (Wildman–Crippen LogP) is 2.87. The second kappa shape index (κ2) is 3.74. The van der Waals surface area contributed by atoms with Crippen LogP contribution in [0.1, 0.15) is 34.6 Å². The Kier molecular flexibility index (Phi) is 3.50. The van der Waals surface area contributed by atoms with Crippen molar-refractivity contribution in [2.45, 2.75) is 34.6 Å². The molecular formula is C10H20N2. The number of hydrogen-bond acceptors (Lipinski definition) is 2. The predicted molar refractivity (Wildman–Crippen MR) is 55.1 cm³/mol. The molecular weight excluding hydrogens is 148 g/mol. The average molecular weight is 168 g/mol. The van der Waals surface area contributed by atoms with Gasteiger partial charge in [-0.15, -0.1) is 0 Å². The highest BCUT2D eigenvalue weighted by atomic mass is 15.4. The molecule has 0 aliphatic rings. The van der Waals surface area contributed by atoms with Crippen molar-refractivity contribution >= 4 is 6.72 Å². The van der Waals surface area contributed by atoms with Gasteiger partial charge in [0.2, 0.25) is 0 Å². The topological polar surface area (TPSA) is 15.6 Å². The van der Waals surface area contributed by atoms with Crippen LogP contribution in [0.4, 0.5) is 0 Å². The van der Waals surface area contributed by atoms with Crippen LogP contribution in [0.2, 0.25) is 0 Å². The molecule has 0 radical (unpaired) electrons. The molecule has 0 aromatic carbocycles. The number of nitrogens with zero attached hydrogens (tertiary/aromatic N) is 2. The minimum absolute atomic E-state index is 0.134. The van der Waals surface area contributed by atoms with Gasteiger partial charge in [-0.3, -0.25) is 5.01 Å². The second-order valence-corrected chi connectivity index (χ2v) is 4.26. The van der Waals surface area contributed by atoms with E-state index < -0.39 is 0 Å². The molecule has 0 amide bonds. The molecule has 0 aromatic rings.